The van der Waals surface area contributed by atoms with Crippen molar-refractivity contribution < 1.29 is 0 Å². The fourth-order valence-corrected chi connectivity index (χ4v) is 2.75. The lowest BCUT2D eigenvalue weighted by atomic mass is 10.1. The zero-order valence-corrected chi connectivity index (χ0v) is 11.1. The van der Waals surface area contributed by atoms with Crippen molar-refractivity contribution >= 4 is 5.69 Å². The van der Waals surface area contributed by atoms with Crippen LogP contribution in [0.4, 0.5) is 5.69 Å². The van der Waals surface area contributed by atoms with Crippen LogP contribution in [-0.4, -0.2) is 19.6 Å². The Balaban J connectivity index is 1.76. The molecule has 0 saturated carbocycles. The van der Waals surface area contributed by atoms with Crippen LogP contribution >= 0.6 is 0 Å². The third kappa shape index (κ3) is 2.64. The summed E-state index contributed by atoms with van der Waals surface area (Å²) in [7, 11) is 0. The van der Waals surface area contributed by atoms with E-state index in [9.17, 15) is 0 Å². The second-order valence-corrected chi connectivity index (χ2v) is 5.25. The summed E-state index contributed by atoms with van der Waals surface area (Å²) in [6.45, 7) is 3.03. The van der Waals surface area contributed by atoms with Crippen LogP contribution in [0.15, 0.2) is 54.6 Å². The third-order valence-corrected chi connectivity index (χ3v) is 3.96. The van der Waals surface area contributed by atoms with Crippen molar-refractivity contribution in [1.82, 2.24) is 0 Å². The van der Waals surface area contributed by atoms with Gasteiger partial charge in [0.25, 0.3) is 0 Å². The Morgan fingerprint density at radius 2 is 1.63 bits per heavy atom. The minimum atomic E-state index is 0.661. The maximum atomic E-state index is 5.75. The molecule has 0 aromatic heterocycles. The molecule has 0 radical (unpaired) electrons. The van der Waals surface area contributed by atoms with Crippen LogP contribution in [0.3, 0.4) is 0 Å². The molecule has 2 heteroatoms. The predicted molar refractivity (Wildman–Crippen MR) is 81.3 cm³/mol. The van der Waals surface area contributed by atoms with E-state index in [2.05, 4.69) is 59.5 Å². The zero-order valence-electron chi connectivity index (χ0n) is 11.1. The van der Waals surface area contributed by atoms with Crippen LogP contribution in [0, 0.1) is 5.92 Å². The highest BCUT2D eigenvalue weighted by molar-refractivity contribution is 5.66. The highest BCUT2D eigenvalue weighted by atomic mass is 15.2. The number of nitrogens with two attached hydrogens (primary N) is 1. The summed E-state index contributed by atoms with van der Waals surface area (Å²) < 4.78 is 0. The Bertz CT molecular complexity index is 519. The minimum Gasteiger partial charge on any atom is -0.371 e. The monoisotopic (exact) mass is 252 g/mol. The number of nitrogens with zero attached hydrogens (tertiary/aromatic N) is 1. The van der Waals surface area contributed by atoms with Gasteiger partial charge in [-0.25, -0.2) is 0 Å². The predicted octanol–water partition coefficient (Wildman–Crippen LogP) is 3.14. The van der Waals surface area contributed by atoms with Gasteiger partial charge in [-0.2, -0.15) is 0 Å². The van der Waals surface area contributed by atoms with E-state index in [-0.39, 0.29) is 0 Å². The third-order valence-electron chi connectivity index (χ3n) is 3.96. The number of benzene rings is 2. The molecule has 1 aliphatic rings. The Morgan fingerprint density at radius 1 is 0.947 bits per heavy atom. The van der Waals surface area contributed by atoms with E-state index < -0.39 is 0 Å². The Labute approximate surface area is 114 Å². The molecular formula is C17H20N2. The Hall–Kier alpha value is -1.80. The molecule has 2 aromatic rings. The van der Waals surface area contributed by atoms with Gasteiger partial charge in [0.1, 0.15) is 0 Å². The van der Waals surface area contributed by atoms with Gasteiger partial charge >= 0.3 is 0 Å². The molecule has 0 bridgehead atoms. The van der Waals surface area contributed by atoms with Crippen LogP contribution in [0.5, 0.6) is 0 Å². The van der Waals surface area contributed by atoms with E-state index >= 15 is 0 Å². The summed E-state index contributed by atoms with van der Waals surface area (Å²) in [5.41, 5.74) is 9.61. The molecule has 1 unspecified atom stereocenters. The smallest absolute Gasteiger partial charge is 0.0366 e. The molecule has 2 nitrogen and oxygen atoms in total. The summed E-state index contributed by atoms with van der Waals surface area (Å²) in [6.07, 6.45) is 1.22. The van der Waals surface area contributed by atoms with Crippen LogP contribution in [-0.2, 0) is 0 Å². The zero-order chi connectivity index (χ0) is 13.1. The van der Waals surface area contributed by atoms with E-state index in [1.54, 1.807) is 0 Å². The first kappa shape index (κ1) is 12.2. The molecule has 1 saturated heterocycles. The lowest BCUT2D eigenvalue weighted by Gasteiger charge is -2.18. The standard InChI is InChI=1S/C17H20N2/c18-12-14-10-11-19(13-14)17-8-6-16(7-9-17)15-4-2-1-3-5-15/h1-9,14H,10-13,18H2. The van der Waals surface area contributed by atoms with Crippen molar-refractivity contribution in [3.63, 3.8) is 0 Å². The first-order valence-corrected chi connectivity index (χ1v) is 6.97. The largest absolute Gasteiger partial charge is 0.371 e. The number of rotatable bonds is 3. The van der Waals surface area contributed by atoms with Crippen molar-refractivity contribution in [2.24, 2.45) is 11.7 Å². The maximum absolute atomic E-state index is 5.75. The van der Waals surface area contributed by atoms with Crippen LogP contribution in [0.1, 0.15) is 6.42 Å². The summed E-state index contributed by atoms with van der Waals surface area (Å²) in [6, 6.07) is 19.4. The fraction of sp³-hybridized carbons (Fsp3) is 0.294. The van der Waals surface area contributed by atoms with Crippen LogP contribution in [0.2, 0.25) is 0 Å². The first-order chi connectivity index (χ1) is 9.36. The van der Waals surface area contributed by atoms with Gasteiger partial charge < -0.3 is 10.6 Å². The number of anilines is 1. The summed E-state index contributed by atoms with van der Waals surface area (Å²) in [5.74, 6) is 0.661. The van der Waals surface area contributed by atoms with Crippen LogP contribution < -0.4 is 10.6 Å². The molecule has 0 amide bonds. The molecule has 1 atom stereocenters. The maximum Gasteiger partial charge on any atom is 0.0366 e. The second-order valence-electron chi connectivity index (χ2n) is 5.25. The van der Waals surface area contributed by atoms with Gasteiger partial charge in [-0.15, -0.1) is 0 Å². The molecule has 1 heterocycles. The van der Waals surface area contributed by atoms with Crippen LogP contribution in [0.25, 0.3) is 11.1 Å². The second kappa shape index (κ2) is 5.45. The van der Waals surface area contributed by atoms with Crippen molar-refractivity contribution in [1.29, 1.82) is 0 Å². The van der Waals surface area contributed by atoms with Crippen molar-refractivity contribution in [3.05, 3.63) is 54.6 Å². The molecule has 0 spiro atoms. The Morgan fingerprint density at radius 3 is 2.26 bits per heavy atom. The van der Waals surface area contributed by atoms with E-state index in [0.29, 0.717) is 5.92 Å². The average molecular weight is 252 g/mol. The SMILES string of the molecule is NCC1CCN(c2ccc(-c3ccccc3)cc2)C1. The van der Waals surface area contributed by atoms with Gasteiger partial charge in [-0.3, -0.25) is 0 Å². The lowest BCUT2D eigenvalue weighted by molar-refractivity contribution is 0.602. The highest BCUT2D eigenvalue weighted by Crippen LogP contribution is 2.26. The quantitative estimate of drug-likeness (QED) is 0.909. The summed E-state index contributed by atoms with van der Waals surface area (Å²) >= 11 is 0. The summed E-state index contributed by atoms with van der Waals surface area (Å²) in [4.78, 5) is 2.44. The number of hydrogen-bond acceptors (Lipinski definition) is 2. The Kier molecular flexibility index (Phi) is 3.51. The van der Waals surface area contributed by atoms with E-state index in [4.69, 9.17) is 5.73 Å². The average Bonchev–Trinajstić information content (AvgIpc) is 2.97. The van der Waals surface area contributed by atoms with Crippen molar-refractivity contribution in [2.45, 2.75) is 6.42 Å². The van der Waals surface area contributed by atoms with Gasteiger partial charge in [0.2, 0.25) is 0 Å². The van der Waals surface area contributed by atoms with Gasteiger partial charge in [-0.05, 0) is 42.1 Å². The highest BCUT2D eigenvalue weighted by Gasteiger charge is 2.21. The van der Waals surface area contributed by atoms with E-state index in [1.165, 1.54) is 23.2 Å². The molecule has 98 valence electrons. The van der Waals surface area contributed by atoms with Gasteiger partial charge in [0.05, 0.1) is 0 Å². The van der Waals surface area contributed by atoms with Crippen molar-refractivity contribution in [2.75, 3.05) is 24.5 Å². The molecule has 1 aliphatic heterocycles. The molecule has 19 heavy (non-hydrogen) atoms. The minimum absolute atomic E-state index is 0.661. The molecular weight excluding hydrogens is 232 g/mol. The first-order valence-electron chi connectivity index (χ1n) is 6.97. The topological polar surface area (TPSA) is 29.3 Å². The van der Waals surface area contributed by atoms with Gasteiger partial charge in [-0.1, -0.05) is 42.5 Å². The summed E-state index contributed by atoms with van der Waals surface area (Å²) in [5, 5.41) is 0. The van der Waals surface area contributed by atoms with E-state index in [0.717, 1.165) is 19.6 Å². The normalized spacial score (nSPS) is 18.8. The fourth-order valence-electron chi connectivity index (χ4n) is 2.75. The molecule has 3 rings (SSSR count). The lowest BCUT2D eigenvalue weighted by Crippen LogP contribution is -2.22. The van der Waals surface area contributed by atoms with Crippen molar-refractivity contribution in [3.8, 4) is 11.1 Å². The molecule has 1 fully saturated rings. The molecule has 0 aliphatic carbocycles. The van der Waals surface area contributed by atoms with Gasteiger partial charge in [0, 0.05) is 18.8 Å². The molecule has 2 aromatic carbocycles. The van der Waals surface area contributed by atoms with E-state index in [1.807, 2.05) is 0 Å². The number of hydrogen-bond donors (Lipinski definition) is 1. The van der Waals surface area contributed by atoms with Gasteiger partial charge in [0.15, 0.2) is 0 Å². The molecule has 2 N–H and O–H groups in total.